The average Bonchev–Trinajstić information content (AvgIpc) is 3.66. The van der Waals surface area contributed by atoms with E-state index in [0.29, 0.717) is 46.7 Å². The quantitative estimate of drug-likeness (QED) is 0.171. The van der Waals surface area contributed by atoms with Crippen molar-refractivity contribution in [3.63, 3.8) is 0 Å². The normalized spacial score (nSPS) is 22.4. The summed E-state index contributed by atoms with van der Waals surface area (Å²) in [5.41, 5.74) is 2.40. The van der Waals surface area contributed by atoms with Crippen molar-refractivity contribution < 1.29 is 18.4 Å². The van der Waals surface area contributed by atoms with Crippen LogP contribution in [0.3, 0.4) is 0 Å². The Morgan fingerprint density at radius 1 is 1.15 bits per heavy atom. The highest BCUT2D eigenvalue weighted by molar-refractivity contribution is 6.43. The SMILES string of the molecule is CN(C)C(=O)c1ccc(-c2nc3c(F)c(-c4cccc(Cl)c4Cl)c(CCC#N)cc3c3c2cc(C2CCCN2C(=O)C2(F)CC2)n3[C@H]2[C@H]3CN[C@@H]2C3)cn1. The summed E-state index contributed by atoms with van der Waals surface area (Å²) in [6.07, 6.45) is 4.83. The minimum atomic E-state index is -1.82. The molecule has 9 nitrogen and oxygen atoms in total. The van der Waals surface area contributed by atoms with Crippen molar-refractivity contribution >= 4 is 56.8 Å². The summed E-state index contributed by atoms with van der Waals surface area (Å²) in [6.45, 7) is 1.29. The zero-order valence-corrected chi connectivity index (χ0v) is 31.3. The lowest BCUT2D eigenvalue weighted by Crippen LogP contribution is -2.42. The van der Waals surface area contributed by atoms with Gasteiger partial charge in [0, 0.05) is 79.0 Å². The zero-order chi connectivity index (χ0) is 37.6. The topological polar surface area (TPSA) is 107 Å². The number of hydrogen-bond acceptors (Lipinski definition) is 6. The molecule has 10 rings (SSSR count). The Labute approximate surface area is 320 Å². The summed E-state index contributed by atoms with van der Waals surface area (Å²) >= 11 is 13.2. The van der Waals surface area contributed by atoms with Crippen LogP contribution >= 0.6 is 23.2 Å². The summed E-state index contributed by atoms with van der Waals surface area (Å²) < 4.78 is 35.3. The van der Waals surface area contributed by atoms with Gasteiger partial charge >= 0.3 is 0 Å². The minimum Gasteiger partial charge on any atom is -0.343 e. The highest BCUT2D eigenvalue weighted by Gasteiger charge is 2.55. The smallest absolute Gasteiger partial charge is 0.271 e. The fourth-order valence-corrected chi connectivity index (χ4v) is 9.35. The second kappa shape index (κ2) is 13.0. The van der Waals surface area contributed by atoms with E-state index in [1.807, 2.05) is 6.07 Å². The van der Waals surface area contributed by atoms with Gasteiger partial charge in [-0.2, -0.15) is 5.26 Å². The van der Waals surface area contributed by atoms with E-state index >= 15 is 8.78 Å². The van der Waals surface area contributed by atoms with E-state index < -0.39 is 17.4 Å². The lowest BCUT2D eigenvalue weighted by Gasteiger charge is -2.39. The Kier molecular flexibility index (Phi) is 8.45. The van der Waals surface area contributed by atoms with E-state index in [2.05, 4.69) is 27.0 Å². The molecular formula is C41H37Cl2F2N7O2. The van der Waals surface area contributed by atoms with Gasteiger partial charge in [0.15, 0.2) is 11.5 Å². The second-order valence-electron chi connectivity index (χ2n) is 15.3. The van der Waals surface area contributed by atoms with Crippen LogP contribution in [0, 0.1) is 23.1 Å². The van der Waals surface area contributed by atoms with Crippen molar-refractivity contribution in [2.45, 2.75) is 68.7 Å². The number of fused-ring (bicyclic) bond motifs is 4. The molecule has 5 fully saturated rings. The molecule has 3 saturated heterocycles. The van der Waals surface area contributed by atoms with Crippen molar-refractivity contribution in [3.8, 4) is 28.5 Å². The molecule has 2 saturated carbocycles. The highest BCUT2D eigenvalue weighted by atomic mass is 35.5. The molecular weight excluding hydrogens is 731 g/mol. The van der Waals surface area contributed by atoms with Crippen molar-refractivity contribution in [2.24, 2.45) is 5.92 Å². The van der Waals surface area contributed by atoms with Gasteiger partial charge in [-0.3, -0.25) is 14.6 Å². The van der Waals surface area contributed by atoms with E-state index in [1.54, 1.807) is 55.5 Å². The van der Waals surface area contributed by atoms with Crippen LogP contribution in [-0.2, 0) is 11.2 Å². The molecule has 276 valence electrons. The first-order valence-corrected chi connectivity index (χ1v) is 19.2. The zero-order valence-electron chi connectivity index (χ0n) is 29.8. The monoisotopic (exact) mass is 767 g/mol. The summed E-state index contributed by atoms with van der Waals surface area (Å²) in [6, 6.07) is 14.4. The number of pyridine rings is 2. The largest absolute Gasteiger partial charge is 0.343 e. The first kappa shape index (κ1) is 35.1. The van der Waals surface area contributed by atoms with Gasteiger partial charge in [0.05, 0.1) is 39.4 Å². The number of rotatable bonds is 8. The first-order valence-electron chi connectivity index (χ1n) is 18.4. The van der Waals surface area contributed by atoms with E-state index in [0.717, 1.165) is 36.0 Å². The van der Waals surface area contributed by atoms with Crippen molar-refractivity contribution in [1.82, 2.24) is 29.7 Å². The van der Waals surface area contributed by atoms with E-state index in [4.69, 9.17) is 28.2 Å². The van der Waals surface area contributed by atoms with E-state index in [1.165, 1.54) is 4.90 Å². The van der Waals surface area contributed by atoms with Crippen molar-refractivity contribution in [3.05, 3.63) is 81.5 Å². The molecule has 54 heavy (non-hydrogen) atoms. The highest BCUT2D eigenvalue weighted by Crippen LogP contribution is 2.52. The Hall–Kier alpha value is -4.63. The number of hydrogen-bond donors (Lipinski definition) is 1. The number of aromatic nitrogens is 3. The van der Waals surface area contributed by atoms with Gasteiger partial charge in [0.2, 0.25) is 0 Å². The van der Waals surface area contributed by atoms with Crippen LogP contribution in [0.25, 0.3) is 44.2 Å². The van der Waals surface area contributed by atoms with Crippen molar-refractivity contribution in [1.29, 1.82) is 5.26 Å². The Morgan fingerprint density at radius 2 is 1.96 bits per heavy atom. The van der Waals surface area contributed by atoms with Crippen LogP contribution in [-0.4, -0.2) is 75.0 Å². The number of carbonyl (C=O) groups is 2. The molecule has 2 aromatic carbocycles. The van der Waals surface area contributed by atoms with Crippen LogP contribution in [0.5, 0.6) is 0 Å². The maximum Gasteiger partial charge on any atom is 0.271 e. The molecule has 0 radical (unpaired) electrons. The third-order valence-corrected chi connectivity index (χ3v) is 12.7. The lowest BCUT2D eigenvalue weighted by atomic mass is 9.79. The second-order valence-corrected chi connectivity index (χ2v) is 16.1. The molecule has 4 atom stereocenters. The number of halogens is 4. The predicted octanol–water partition coefficient (Wildman–Crippen LogP) is 8.22. The number of alkyl halides is 1. The van der Waals surface area contributed by atoms with Crippen LogP contribution in [0.1, 0.15) is 72.4 Å². The first-order chi connectivity index (χ1) is 26.0. The summed E-state index contributed by atoms with van der Waals surface area (Å²) in [5.74, 6) is -1.01. The Morgan fingerprint density at radius 3 is 2.63 bits per heavy atom. The van der Waals surface area contributed by atoms with Crippen LogP contribution in [0.2, 0.25) is 10.0 Å². The van der Waals surface area contributed by atoms with Gasteiger partial charge < -0.3 is 19.7 Å². The van der Waals surface area contributed by atoms with Crippen LogP contribution in [0.4, 0.5) is 8.78 Å². The minimum absolute atomic E-state index is 0.0136. The fraction of sp³-hybridized carbons (Fsp3) is 0.390. The van der Waals surface area contributed by atoms with Gasteiger partial charge in [-0.05, 0) is 80.3 Å². The standard InChI is InChI=1S/C41H37Cl2F2N7O2/c1-50(2)39(53)28-11-10-22(19-47-28)35-26-18-31(30-9-5-15-51(30)40(54)41(45)12-13-41)52(37-23-17-29(37)48-20-23)38(26)25-16-21(6-4-14-46)32(34(44)36(25)49-35)24-7-3-8-27(42)33(24)43/h3,7-8,10-11,16,18-19,23,29-30,37,48H,4-6,9,12-13,15,17,20H2,1-2H3/t23-,29-,30?,37+/m1/s1. The van der Waals surface area contributed by atoms with Gasteiger partial charge in [0.25, 0.3) is 11.8 Å². The number of nitriles is 1. The molecule has 3 aliphatic heterocycles. The summed E-state index contributed by atoms with van der Waals surface area (Å²) in [5, 5.41) is 15.1. The lowest BCUT2D eigenvalue weighted by molar-refractivity contribution is -0.139. The molecule has 2 bridgehead atoms. The molecule has 1 N–H and O–H groups in total. The molecule has 3 aromatic heterocycles. The van der Waals surface area contributed by atoms with Crippen LogP contribution < -0.4 is 5.32 Å². The summed E-state index contributed by atoms with van der Waals surface area (Å²) in [7, 11) is 3.31. The molecule has 13 heteroatoms. The molecule has 0 spiro atoms. The summed E-state index contributed by atoms with van der Waals surface area (Å²) in [4.78, 5) is 39.2. The molecule has 2 amide bonds. The average molecular weight is 769 g/mol. The number of benzene rings is 2. The molecule has 5 aliphatic rings. The van der Waals surface area contributed by atoms with Gasteiger partial charge in [-0.15, -0.1) is 0 Å². The van der Waals surface area contributed by atoms with E-state index in [-0.39, 0.29) is 76.5 Å². The Balaban J connectivity index is 1.37. The number of likely N-dealkylation sites (tertiary alicyclic amines) is 1. The number of aryl methyl sites for hydroxylation is 1. The van der Waals surface area contributed by atoms with Gasteiger partial charge in [-0.1, -0.05) is 35.3 Å². The number of carbonyl (C=O) groups excluding carboxylic acids is 2. The van der Waals surface area contributed by atoms with Gasteiger partial charge in [0.1, 0.15) is 11.2 Å². The van der Waals surface area contributed by atoms with Gasteiger partial charge in [-0.25, -0.2) is 13.8 Å². The number of amides is 2. The maximum absolute atomic E-state index is 17.6. The van der Waals surface area contributed by atoms with E-state index in [9.17, 15) is 14.9 Å². The maximum atomic E-state index is 17.6. The molecule has 5 aromatic rings. The van der Waals surface area contributed by atoms with Crippen LogP contribution in [0.15, 0.2) is 48.7 Å². The number of nitrogens with zero attached hydrogens (tertiary/aromatic N) is 6. The third kappa shape index (κ3) is 5.40. The molecule has 2 aliphatic carbocycles. The fourth-order valence-electron chi connectivity index (χ4n) is 8.96. The predicted molar refractivity (Wildman–Crippen MR) is 204 cm³/mol. The third-order valence-electron chi connectivity index (χ3n) is 11.8. The Bertz CT molecular complexity index is 2420. The van der Waals surface area contributed by atoms with Crippen molar-refractivity contribution in [2.75, 3.05) is 27.2 Å². The number of nitrogens with one attached hydrogen (secondary N) is 1. The molecule has 6 heterocycles. The molecule has 1 unspecified atom stereocenters.